The molecule has 112 valence electrons. The summed E-state index contributed by atoms with van der Waals surface area (Å²) in [5, 5.41) is 4.39. The standard InChI is InChI=1S/C15H16Cl2IN3/c1-4-19-15-12(18)13(8(2)3)20-14(21-15)11-9(16)6-5-7-10(11)17/h5-8H,4H2,1-3H3,(H,19,20,21). The van der Waals surface area contributed by atoms with Crippen LogP contribution >= 0.6 is 45.8 Å². The molecule has 1 N–H and O–H groups in total. The summed E-state index contributed by atoms with van der Waals surface area (Å²) in [6.45, 7) is 7.05. The summed E-state index contributed by atoms with van der Waals surface area (Å²) in [4.78, 5) is 9.28. The second-order valence-corrected chi connectivity index (χ2v) is 6.77. The molecule has 2 aromatic rings. The molecule has 21 heavy (non-hydrogen) atoms. The van der Waals surface area contributed by atoms with Gasteiger partial charge in [0.1, 0.15) is 5.82 Å². The Balaban J connectivity index is 2.69. The van der Waals surface area contributed by atoms with Crippen LogP contribution in [-0.2, 0) is 0 Å². The molecule has 0 saturated carbocycles. The first kappa shape index (κ1) is 16.8. The minimum Gasteiger partial charge on any atom is -0.369 e. The van der Waals surface area contributed by atoms with Crippen molar-refractivity contribution in [2.45, 2.75) is 26.7 Å². The molecular formula is C15H16Cl2IN3. The van der Waals surface area contributed by atoms with Gasteiger partial charge < -0.3 is 5.32 Å². The van der Waals surface area contributed by atoms with E-state index in [9.17, 15) is 0 Å². The highest BCUT2D eigenvalue weighted by Gasteiger charge is 2.18. The predicted octanol–water partition coefficient (Wildman–Crippen LogP) is 5.61. The van der Waals surface area contributed by atoms with Crippen LogP contribution in [0.4, 0.5) is 5.82 Å². The molecule has 0 fully saturated rings. The third-order valence-corrected chi connectivity index (χ3v) is 4.65. The first-order valence-corrected chi connectivity index (χ1v) is 8.54. The summed E-state index contributed by atoms with van der Waals surface area (Å²) in [5.74, 6) is 1.67. The Bertz CT molecular complexity index is 639. The lowest BCUT2D eigenvalue weighted by Gasteiger charge is -2.15. The van der Waals surface area contributed by atoms with E-state index < -0.39 is 0 Å². The molecular weight excluding hydrogens is 420 g/mol. The maximum Gasteiger partial charge on any atom is 0.164 e. The van der Waals surface area contributed by atoms with Crippen molar-refractivity contribution in [1.29, 1.82) is 0 Å². The topological polar surface area (TPSA) is 37.8 Å². The van der Waals surface area contributed by atoms with Crippen molar-refractivity contribution < 1.29 is 0 Å². The van der Waals surface area contributed by atoms with Crippen molar-refractivity contribution in [1.82, 2.24) is 9.97 Å². The number of nitrogens with zero attached hydrogens (tertiary/aromatic N) is 2. The van der Waals surface area contributed by atoms with Crippen molar-refractivity contribution in [3.05, 3.63) is 37.5 Å². The second kappa shape index (κ2) is 7.11. The molecule has 0 atom stereocenters. The van der Waals surface area contributed by atoms with Crippen LogP contribution in [-0.4, -0.2) is 16.5 Å². The fourth-order valence-corrected chi connectivity index (χ4v) is 3.58. The minimum atomic E-state index is 0.289. The molecule has 1 heterocycles. The van der Waals surface area contributed by atoms with Gasteiger partial charge in [-0.2, -0.15) is 0 Å². The molecule has 0 spiro atoms. The third kappa shape index (κ3) is 3.60. The average molecular weight is 436 g/mol. The first-order chi connectivity index (χ1) is 9.95. The lowest BCUT2D eigenvalue weighted by molar-refractivity contribution is 0.808. The zero-order valence-electron chi connectivity index (χ0n) is 12.0. The number of nitrogens with one attached hydrogen (secondary N) is 1. The Kier molecular flexibility index (Phi) is 5.68. The molecule has 1 aromatic carbocycles. The minimum absolute atomic E-state index is 0.289. The fraction of sp³-hybridized carbons (Fsp3) is 0.333. The summed E-state index contributed by atoms with van der Waals surface area (Å²) in [6, 6.07) is 5.41. The van der Waals surface area contributed by atoms with Crippen LogP contribution in [0.3, 0.4) is 0 Å². The van der Waals surface area contributed by atoms with E-state index in [0.29, 0.717) is 21.4 Å². The maximum absolute atomic E-state index is 6.28. The highest BCUT2D eigenvalue weighted by Crippen LogP contribution is 2.35. The molecule has 0 aliphatic carbocycles. The summed E-state index contributed by atoms with van der Waals surface area (Å²) < 4.78 is 1.04. The quantitative estimate of drug-likeness (QED) is 0.634. The highest BCUT2D eigenvalue weighted by molar-refractivity contribution is 14.1. The lowest BCUT2D eigenvalue weighted by atomic mass is 10.1. The monoisotopic (exact) mass is 435 g/mol. The Hall–Kier alpha value is -0.590. The van der Waals surface area contributed by atoms with Crippen LogP contribution in [0.1, 0.15) is 32.4 Å². The number of hydrogen-bond donors (Lipinski definition) is 1. The van der Waals surface area contributed by atoms with E-state index in [2.05, 4.69) is 51.7 Å². The van der Waals surface area contributed by atoms with Gasteiger partial charge >= 0.3 is 0 Å². The summed E-state index contributed by atoms with van der Waals surface area (Å²) in [7, 11) is 0. The molecule has 0 aliphatic heterocycles. The van der Waals surface area contributed by atoms with Crippen LogP contribution in [0.2, 0.25) is 10.0 Å². The Morgan fingerprint density at radius 1 is 1.19 bits per heavy atom. The van der Waals surface area contributed by atoms with Crippen LogP contribution in [0.5, 0.6) is 0 Å². The van der Waals surface area contributed by atoms with E-state index in [1.165, 1.54) is 0 Å². The third-order valence-electron chi connectivity index (χ3n) is 2.95. The van der Waals surface area contributed by atoms with Gasteiger partial charge in [-0.15, -0.1) is 0 Å². The SMILES string of the molecule is CCNc1nc(-c2c(Cl)cccc2Cl)nc(C(C)C)c1I. The number of rotatable bonds is 4. The second-order valence-electron chi connectivity index (χ2n) is 4.88. The van der Waals surface area contributed by atoms with Gasteiger partial charge in [-0.25, -0.2) is 9.97 Å². The number of aromatic nitrogens is 2. The van der Waals surface area contributed by atoms with Crippen LogP contribution in [0.25, 0.3) is 11.4 Å². The number of hydrogen-bond acceptors (Lipinski definition) is 3. The largest absolute Gasteiger partial charge is 0.369 e. The van der Waals surface area contributed by atoms with Crippen molar-refractivity contribution in [2.24, 2.45) is 0 Å². The lowest BCUT2D eigenvalue weighted by Crippen LogP contribution is -2.09. The van der Waals surface area contributed by atoms with E-state index in [0.717, 1.165) is 21.6 Å². The summed E-state index contributed by atoms with van der Waals surface area (Å²) >= 11 is 14.8. The van der Waals surface area contributed by atoms with Gasteiger partial charge in [0.15, 0.2) is 5.82 Å². The summed E-state index contributed by atoms with van der Waals surface area (Å²) in [5.41, 5.74) is 1.67. The highest BCUT2D eigenvalue weighted by atomic mass is 127. The maximum atomic E-state index is 6.28. The predicted molar refractivity (Wildman–Crippen MR) is 98.5 cm³/mol. The van der Waals surface area contributed by atoms with Gasteiger partial charge in [-0.05, 0) is 47.6 Å². The van der Waals surface area contributed by atoms with E-state index in [-0.39, 0.29) is 5.92 Å². The molecule has 6 heteroatoms. The molecule has 0 radical (unpaired) electrons. The zero-order valence-corrected chi connectivity index (χ0v) is 15.7. The van der Waals surface area contributed by atoms with E-state index >= 15 is 0 Å². The smallest absolute Gasteiger partial charge is 0.164 e. The van der Waals surface area contributed by atoms with E-state index in [1.54, 1.807) is 12.1 Å². The molecule has 0 bridgehead atoms. The van der Waals surface area contributed by atoms with E-state index in [1.807, 2.05) is 13.0 Å². The van der Waals surface area contributed by atoms with Crippen molar-refractivity contribution in [2.75, 3.05) is 11.9 Å². The average Bonchev–Trinajstić information content (AvgIpc) is 2.41. The van der Waals surface area contributed by atoms with Gasteiger partial charge in [-0.1, -0.05) is 43.1 Å². The first-order valence-electron chi connectivity index (χ1n) is 6.71. The normalized spacial score (nSPS) is 11.0. The van der Waals surface area contributed by atoms with Gasteiger partial charge in [0.2, 0.25) is 0 Å². The fourth-order valence-electron chi connectivity index (χ4n) is 1.95. The Morgan fingerprint density at radius 3 is 2.33 bits per heavy atom. The molecule has 2 rings (SSSR count). The summed E-state index contributed by atoms with van der Waals surface area (Å²) in [6.07, 6.45) is 0. The Labute approximate surface area is 148 Å². The van der Waals surface area contributed by atoms with Gasteiger partial charge in [-0.3, -0.25) is 0 Å². The molecule has 0 unspecified atom stereocenters. The zero-order chi connectivity index (χ0) is 15.6. The number of anilines is 1. The molecule has 0 saturated heterocycles. The van der Waals surface area contributed by atoms with Gasteiger partial charge in [0.05, 0.1) is 24.9 Å². The Morgan fingerprint density at radius 2 is 1.81 bits per heavy atom. The molecule has 1 aromatic heterocycles. The molecule has 0 aliphatic rings. The van der Waals surface area contributed by atoms with Crippen molar-refractivity contribution >= 4 is 51.6 Å². The number of halogens is 3. The van der Waals surface area contributed by atoms with Crippen LogP contribution < -0.4 is 5.32 Å². The van der Waals surface area contributed by atoms with Gasteiger partial charge in [0, 0.05) is 6.54 Å². The van der Waals surface area contributed by atoms with Gasteiger partial charge in [0.25, 0.3) is 0 Å². The van der Waals surface area contributed by atoms with E-state index in [4.69, 9.17) is 23.2 Å². The van der Waals surface area contributed by atoms with Crippen molar-refractivity contribution in [3.63, 3.8) is 0 Å². The molecule has 0 amide bonds. The van der Waals surface area contributed by atoms with Crippen molar-refractivity contribution in [3.8, 4) is 11.4 Å². The van der Waals surface area contributed by atoms with Crippen LogP contribution in [0.15, 0.2) is 18.2 Å². The molecule has 3 nitrogen and oxygen atoms in total. The van der Waals surface area contributed by atoms with Crippen LogP contribution in [0, 0.1) is 3.57 Å². The number of benzene rings is 1.